The van der Waals surface area contributed by atoms with Gasteiger partial charge in [-0.1, -0.05) is 44.2 Å². The van der Waals surface area contributed by atoms with Crippen LogP contribution in [0.1, 0.15) is 19.4 Å². The Morgan fingerprint density at radius 1 is 1.26 bits per heavy atom. The van der Waals surface area contributed by atoms with Crippen molar-refractivity contribution in [3.63, 3.8) is 0 Å². The van der Waals surface area contributed by atoms with Crippen LogP contribution >= 0.6 is 0 Å². The van der Waals surface area contributed by atoms with Gasteiger partial charge in [-0.05, 0) is 5.56 Å². The number of esters is 1. The van der Waals surface area contributed by atoms with Crippen molar-refractivity contribution in [1.29, 1.82) is 0 Å². The van der Waals surface area contributed by atoms with Crippen LogP contribution in [0.25, 0.3) is 4.85 Å². The van der Waals surface area contributed by atoms with Gasteiger partial charge in [0, 0.05) is 23.5 Å². The number of aliphatic hydroxyl groups is 1. The Labute approximate surface area is 143 Å². The molecule has 1 N–H and O–H groups in total. The molecule has 8 heteroatoms. The van der Waals surface area contributed by atoms with E-state index in [2.05, 4.69) is 9.58 Å². The molecule has 1 radical (unpaired) electrons. The number of nitrogens with zero attached hydrogens (tertiary/aromatic N) is 1. The van der Waals surface area contributed by atoms with E-state index < -0.39 is 23.6 Å². The van der Waals surface area contributed by atoms with E-state index in [4.69, 9.17) is 11.7 Å². The Morgan fingerprint density at radius 2 is 1.78 bits per heavy atom. The van der Waals surface area contributed by atoms with Gasteiger partial charge in [0.25, 0.3) is 0 Å². The fraction of sp³-hybridized carbons (Fsp3) is 0.333. The van der Waals surface area contributed by atoms with Gasteiger partial charge in [-0.15, -0.1) is 0 Å². The van der Waals surface area contributed by atoms with Gasteiger partial charge in [0.05, 0.1) is 13.2 Å². The van der Waals surface area contributed by atoms with Gasteiger partial charge in [-0.3, -0.25) is 4.79 Å². The fourth-order valence-corrected chi connectivity index (χ4v) is 1.30. The van der Waals surface area contributed by atoms with E-state index in [1.165, 1.54) is 0 Å². The zero-order chi connectivity index (χ0) is 17.2. The summed E-state index contributed by atoms with van der Waals surface area (Å²) in [6, 6.07) is 8.82. The molecule has 0 fully saturated rings. The predicted octanol–water partition coefficient (Wildman–Crippen LogP) is 4.05. The van der Waals surface area contributed by atoms with Crippen molar-refractivity contribution in [3.8, 4) is 0 Å². The van der Waals surface area contributed by atoms with Crippen LogP contribution in [0.5, 0.6) is 0 Å². The number of carbonyl (C=O) groups is 1. The average Bonchev–Trinajstić information content (AvgIpc) is 2.50. The van der Waals surface area contributed by atoms with Crippen molar-refractivity contribution in [1.82, 2.24) is 0 Å². The van der Waals surface area contributed by atoms with E-state index in [9.17, 15) is 18.0 Å². The molecular weight excluding hydrogens is 363 g/mol. The monoisotopic (exact) mass is 378 g/mol. The van der Waals surface area contributed by atoms with E-state index >= 15 is 0 Å². The van der Waals surface area contributed by atoms with Crippen molar-refractivity contribution in [3.05, 3.63) is 58.8 Å². The molecule has 4 nitrogen and oxygen atoms in total. The van der Waals surface area contributed by atoms with Crippen molar-refractivity contribution in [2.24, 2.45) is 0 Å². The zero-order valence-corrected chi connectivity index (χ0v) is 13.4. The normalized spacial score (nSPS) is 11.0. The topological polar surface area (TPSA) is 50.9 Å². The number of hydrogen-bond acceptors (Lipinski definition) is 3. The van der Waals surface area contributed by atoms with Crippen LogP contribution in [0.15, 0.2) is 41.8 Å². The number of carbonyl (C=O) groups excluding carboxylic acids is 1. The van der Waals surface area contributed by atoms with Crippen LogP contribution in [0.3, 0.4) is 0 Å². The van der Waals surface area contributed by atoms with Gasteiger partial charge in [-0.2, -0.15) is 13.2 Å². The van der Waals surface area contributed by atoms with E-state index in [0.29, 0.717) is 6.42 Å². The number of rotatable bonds is 4. The molecule has 0 saturated carbocycles. The van der Waals surface area contributed by atoms with Crippen molar-refractivity contribution >= 4 is 5.97 Å². The molecule has 0 spiro atoms. The fourth-order valence-electron chi connectivity index (χ4n) is 1.30. The third-order valence-corrected chi connectivity index (χ3v) is 2.26. The molecule has 1 aromatic carbocycles. The van der Waals surface area contributed by atoms with Gasteiger partial charge in [0.15, 0.2) is 0 Å². The second-order valence-electron chi connectivity index (χ2n) is 3.68. The standard InChI is InChI=1S/C13H10F3NO3.C2H6.Cu/c1-17-10(11(18)13(14,15)16)12(19)20-8-7-9-5-3-2-4-6-9;1-2;/h2-6,18H,7-8H2;1-2H3;. The minimum atomic E-state index is -5.15. The molecule has 23 heavy (non-hydrogen) atoms. The Bertz CT molecular complexity index is 551. The largest absolute Gasteiger partial charge is 0.515 e. The second kappa shape index (κ2) is 11.6. The molecule has 0 bridgehead atoms. The molecule has 0 saturated heterocycles. The third kappa shape index (κ3) is 8.29. The molecule has 0 amide bonds. The molecule has 0 aliphatic heterocycles. The maximum atomic E-state index is 12.2. The summed E-state index contributed by atoms with van der Waals surface area (Å²) in [6.45, 7) is 10.3. The first kappa shape index (κ1) is 23.3. The molecule has 0 heterocycles. The second-order valence-corrected chi connectivity index (χ2v) is 3.68. The maximum Gasteiger partial charge on any atom is 0.438 e. The number of allylic oxidation sites excluding steroid dienone is 1. The predicted molar refractivity (Wildman–Crippen MR) is 74.8 cm³/mol. The Morgan fingerprint density at radius 3 is 2.22 bits per heavy atom. The van der Waals surface area contributed by atoms with Gasteiger partial charge in [0.1, 0.15) is 0 Å². The summed E-state index contributed by atoms with van der Waals surface area (Å²) in [6.07, 6.45) is -4.86. The van der Waals surface area contributed by atoms with Crippen LogP contribution in [0.4, 0.5) is 13.2 Å². The quantitative estimate of drug-likeness (QED) is 0.283. The summed E-state index contributed by atoms with van der Waals surface area (Å²) in [5, 5.41) is 8.77. The third-order valence-electron chi connectivity index (χ3n) is 2.26. The van der Waals surface area contributed by atoms with Crippen molar-refractivity contribution < 1.29 is 44.9 Å². The summed E-state index contributed by atoms with van der Waals surface area (Å²) in [5.74, 6) is -3.73. The summed E-state index contributed by atoms with van der Waals surface area (Å²) < 4.78 is 41.1. The van der Waals surface area contributed by atoms with Gasteiger partial charge in [0.2, 0.25) is 5.76 Å². The number of hydrogen-bond donors (Lipinski definition) is 1. The minimum absolute atomic E-state index is 0. The molecular formula is C15H16CuF3NO3. The molecule has 131 valence electrons. The van der Waals surface area contributed by atoms with Gasteiger partial charge in [-0.25, -0.2) is 4.85 Å². The Balaban J connectivity index is 0. The van der Waals surface area contributed by atoms with Gasteiger partial charge < -0.3 is 9.84 Å². The van der Waals surface area contributed by atoms with E-state index in [1.807, 2.05) is 13.8 Å². The van der Waals surface area contributed by atoms with Crippen LogP contribution in [0, 0.1) is 6.57 Å². The molecule has 0 aromatic heterocycles. The van der Waals surface area contributed by atoms with Crippen LogP contribution in [-0.4, -0.2) is 23.9 Å². The molecule has 1 rings (SSSR count). The van der Waals surface area contributed by atoms with Crippen LogP contribution < -0.4 is 0 Å². The van der Waals surface area contributed by atoms with Crippen LogP contribution in [-0.2, 0) is 33.0 Å². The summed E-state index contributed by atoms with van der Waals surface area (Å²) in [7, 11) is 0. The molecule has 0 aliphatic carbocycles. The van der Waals surface area contributed by atoms with E-state index in [-0.39, 0.29) is 23.7 Å². The molecule has 0 atom stereocenters. The van der Waals surface area contributed by atoms with Crippen LogP contribution in [0.2, 0.25) is 0 Å². The van der Waals surface area contributed by atoms with Gasteiger partial charge >= 0.3 is 17.8 Å². The zero-order valence-electron chi connectivity index (χ0n) is 12.4. The number of halogens is 3. The van der Waals surface area contributed by atoms with Crippen molar-refractivity contribution in [2.75, 3.05) is 6.61 Å². The molecule has 1 aromatic rings. The molecule has 0 aliphatic rings. The SMILES string of the molecule is CC.[C-]#[N+]C(C(=O)OCCc1ccccc1)=C(O)C(F)(F)F.[Cu]. The first-order valence-electron chi connectivity index (χ1n) is 6.45. The van der Waals surface area contributed by atoms with Crippen molar-refractivity contribution in [2.45, 2.75) is 26.4 Å². The number of benzene rings is 1. The van der Waals surface area contributed by atoms with E-state index in [0.717, 1.165) is 5.56 Å². The minimum Gasteiger partial charge on any atom is -0.515 e. The first-order valence-corrected chi connectivity index (χ1v) is 6.45. The summed E-state index contributed by atoms with van der Waals surface area (Å²) in [5.41, 5.74) is -0.640. The maximum absolute atomic E-state index is 12.2. The number of alkyl halides is 3. The van der Waals surface area contributed by atoms with E-state index in [1.54, 1.807) is 30.3 Å². The summed E-state index contributed by atoms with van der Waals surface area (Å²) >= 11 is 0. The Kier molecular flexibility index (Phi) is 11.7. The smallest absolute Gasteiger partial charge is 0.438 e. The summed E-state index contributed by atoms with van der Waals surface area (Å²) in [4.78, 5) is 13.7. The number of aliphatic hydroxyl groups excluding tert-OH is 1. The molecule has 0 unspecified atom stereocenters. The Hall–Kier alpha value is -1.97. The first-order chi connectivity index (χ1) is 10.4. The average molecular weight is 379 g/mol. The number of ether oxygens (including phenoxy) is 1.